The van der Waals surface area contributed by atoms with Crippen LogP contribution in [0.25, 0.3) is 38.0 Å². The van der Waals surface area contributed by atoms with Gasteiger partial charge < -0.3 is 15.4 Å². The summed E-state index contributed by atoms with van der Waals surface area (Å²) in [5, 5.41) is 17.6. The van der Waals surface area contributed by atoms with E-state index in [2.05, 4.69) is 41.9 Å². The summed E-state index contributed by atoms with van der Waals surface area (Å²) in [4.78, 5) is 37.3. The largest absolute Gasteiger partial charge is 0.679 e. The average molecular weight is 668 g/mol. The van der Waals surface area contributed by atoms with Gasteiger partial charge in [0, 0.05) is 17.3 Å². The van der Waals surface area contributed by atoms with Crippen LogP contribution in [0.3, 0.4) is 0 Å². The number of imide groups is 1. The Bertz CT molecular complexity index is 1880. The van der Waals surface area contributed by atoms with Crippen LogP contribution in [0.5, 0.6) is 5.75 Å². The molecule has 7 rings (SSSR count). The molecule has 1 aliphatic rings. The van der Waals surface area contributed by atoms with Gasteiger partial charge >= 0.3 is 38.3 Å². The molecular formula is C30H18ClFN5O4Ru+. The van der Waals surface area contributed by atoms with Crippen molar-refractivity contribution in [3.05, 3.63) is 120 Å². The Morgan fingerprint density at radius 3 is 2.38 bits per heavy atom. The number of nitrogens with one attached hydrogen (secondary N) is 1. The fourth-order valence-electron chi connectivity index (χ4n) is 4.52. The standard InChI is InChI=1S/C17H8FN3O3.C12H11N2.CO.ClH.Ru/c18-6-3-9-12-13(17(24)21-16(12)23)11-8-4-7(22)1-2-10(8)20-15(11)14(9)19-5-6;1-2-6-11(7-3-1)14-10-12-8-4-5-9-13-12;1-2;;/h1-5H,(H3,19,20,21,22,23,24);1-9H,10H2;;1H;/q;-1;;;+4/p-2. The van der Waals surface area contributed by atoms with Crippen molar-refractivity contribution in [2.45, 2.75) is 6.54 Å². The number of rotatable bonds is 3. The molecule has 1 aliphatic heterocycles. The second-order valence-electron chi connectivity index (χ2n) is 8.59. The van der Waals surface area contributed by atoms with E-state index in [4.69, 9.17) is 4.65 Å². The molecule has 3 aromatic carbocycles. The van der Waals surface area contributed by atoms with E-state index in [-0.39, 0.29) is 22.3 Å². The number of amides is 2. The number of fused-ring (bicyclic) bond motifs is 8. The summed E-state index contributed by atoms with van der Waals surface area (Å²) in [6.45, 7) is 5.14. The predicted molar refractivity (Wildman–Crippen MR) is 151 cm³/mol. The van der Waals surface area contributed by atoms with E-state index in [0.29, 0.717) is 33.9 Å². The van der Waals surface area contributed by atoms with Crippen molar-refractivity contribution in [1.82, 2.24) is 20.3 Å². The Kier molecular flexibility index (Phi) is 9.96. The van der Waals surface area contributed by atoms with Crippen molar-refractivity contribution >= 4 is 59.9 Å². The normalized spacial score (nSPS) is 11.3. The molecule has 42 heavy (non-hydrogen) atoms. The zero-order valence-electron chi connectivity index (χ0n) is 21.4. The third-order valence-electron chi connectivity index (χ3n) is 6.15. The van der Waals surface area contributed by atoms with Crippen LogP contribution in [0, 0.1) is 12.5 Å². The average Bonchev–Trinajstić information content (AvgIpc) is 3.55. The summed E-state index contributed by atoms with van der Waals surface area (Å²) >= 11 is 1.82. The molecule has 6 aromatic rings. The van der Waals surface area contributed by atoms with Gasteiger partial charge in [0.2, 0.25) is 0 Å². The zero-order chi connectivity index (χ0) is 30.2. The van der Waals surface area contributed by atoms with Gasteiger partial charge in [-0.25, -0.2) is 4.39 Å². The Hall–Kier alpha value is -4.66. The van der Waals surface area contributed by atoms with Crippen LogP contribution in [-0.2, 0) is 28.5 Å². The zero-order valence-corrected chi connectivity index (χ0v) is 23.9. The molecule has 12 heteroatoms. The summed E-state index contributed by atoms with van der Waals surface area (Å²) in [5.41, 5.74) is 3.51. The van der Waals surface area contributed by atoms with Crippen molar-refractivity contribution in [2.24, 2.45) is 0 Å². The Morgan fingerprint density at radius 1 is 0.952 bits per heavy atom. The SMILES string of the molecule is O=C1NC(=O)c2c1c1cc(F)cnc1c1[n-]c3ccc(O)cc3c21.[C-]#[O+].[Cl][Ru+3].c1ccc([N-]Cc2ccccn2)cc1. The van der Waals surface area contributed by atoms with Crippen molar-refractivity contribution in [3.8, 4) is 5.75 Å². The molecule has 0 bridgehead atoms. The second kappa shape index (κ2) is 13.8. The Morgan fingerprint density at radius 2 is 1.67 bits per heavy atom. The van der Waals surface area contributed by atoms with E-state index in [1.807, 2.05) is 65.8 Å². The molecule has 0 fully saturated rings. The Labute approximate surface area is 252 Å². The maximum absolute atomic E-state index is 13.7. The molecule has 0 radical (unpaired) electrons. The van der Waals surface area contributed by atoms with Gasteiger partial charge in [-0.3, -0.25) is 24.9 Å². The Balaban J connectivity index is 0.000000193. The molecule has 2 amide bonds. The molecule has 0 saturated carbocycles. The third kappa shape index (κ3) is 6.15. The van der Waals surface area contributed by atoms with E-state index < -0.39 is 17.6 Å². The molecule has 0 atom stereocenters. The molecule has 4 heterocycles. The van der Waals surface area contributed by atoms with E-state index in [1.54, 1.807) is 12.3 Å². The van der Waals surface area contributed by atoms with Crippen molar-refractivity contribution in [2.75, 3.05) is 0 Å². The summed E-state index contributed by atoms with van der Waals surface area (Å²) < 4.78 is 21.2. The second-order valence-corrected chi connectivity index (χ2v) is 8.59. The number of pyridine rings is 2. The first-order valence-corrected chi connectivity index (χ1v) is 14.3. The minimum absolute atomic E-state index is 0.0162. The monoisotopic (exact) mass is 668 g/mol. The van der Waals surface area contributed by atoms with Gasteiger partial charge in [-0.15, -0.1) is 16.7 Å². The number of nitrogens with zero attached hydrogens (tertiary/aromatic N) is 4. The van der Waals surface area contributed by atoms with Crippen LogP contribution >= 0.6 is 9.69 Å². The first-order valence-electron chi connectivity index (χ1n) is 12.0. The van der Waals surface area contributed by atoms with Crippen LogP contribution in [0.4, 0.5) is 10.1 Å². The van der Waals surface area contributed by atoms with Gasteiger partial charge in [-0.2, -0.15) is 0 Å². The molecule has 0 unspecified atom stereocenters. The summed E-state index contributed by atoms with van der Waals surface area (Å²) in [5.74, 6) is -1.75. The van der Waals surface area contributed by atoms with E-state index in [0.717, 1.165) is 17.6 Å². The minimum atomic E-state index is -0.607. The van der Waals surface area contributed by atoms with Crippen molar-refractivity contribution < 1.29 is 41.0 Å². The first kappa shape index (κ1) is 30.3. The van der Waals surface area contributed by atoms with Crippen LogP contribution in [-0.4, -0.2) is 26.9 Å². The van der Waals surface area contributed by atoms with Gasteiger partial charge in [0.05, 0.1) is 22.8 Å². The smallest absolute Gasteiger partial charge is 0.0270 e. The maximum Gasteiger partial charge on any atom is 0.0270 e. The fourth-order valence-corrected chi connectivity index (χ4v) is 4.52. The van der Waals surface area contributed by atoms with Crippen LogP contribution in [0.1, 0.15) is 26.4 Å². The number of benzene rings is 3. The van der Waals surface area contributed by atoms with Crippen LogP contribution in [0.2, 0.25) is 0 Å². The number of carbonyl (C=O) groups excluding carboxylic acids is 2. The van der Waals surface area contributed by atoms with Crippen LogP contribution < -0.4 is 10.3 Å². The molecule has 208 valence electrons. The van der Waals surface area contributed by atoms with E-state index in [9.17, 15) is 19.1 Å². The topological polar surface area (TPSA) is 140 Å². The molecule has 3 aromatic heterocycles. The number of aromatic nitrogens is 3. The van der Waals surface area contributed by atoms with Gasteiger partial charge in [0.25, 0.3) is 11.8 Å². The van der Waals surface area contributed by atoms with E-state index >= 15 is 0 Å². The molecule has 0 spiro atoms. The molecular weight excluding hydrogens is 650 g/mol. The number of phenolic OH excluding ortho intramolecular Hbond substituents is 1. The number of para-hydroxylation sites is 1. The van der Waals surface area contributed by atoms with Crippen LogP contribution in [0.15, 0.2) is 85.2 Å². The number of hydrogen-bond donors (Lipinski definition) is 2. The van der Waals surface area contributed by atoms with Crippen molar-refractivity contribution in [3.63, 3.8) is 0 Å². The summed E-state index contributed by atoms with van der Waals surface area (Å²) in [6, 6.07) is 21.5. The molecule has 2 N–H and O–H groups in total. The number of aromatic hydroxyl groups is 1. The molecule has 9 nitrogen and oxygen atoms in total. The summed E-state index contributed by atoms with van der Waals surface area (Å²) in [6.07, 6.45) is 2.83. The minimum Gasteiger partial charge on any atom is -0.679 e. The van der Waals surface area contributed by atoms with Gasteiger partial charge in [-0.1, -0.05) is 49.0 Å². The first-order chi connectivity index (χ1) is 20.5. The number of hydrogen-bond acceptors (Lipinski definition) is 5. The molecule has 0 saturated heterocycles. The third-order valence-corrected chi connectivity index (χ3v) is 6.15. The molecule has 0 aliphatic carbocycles. The number of halogens is 2. The van der Waals surface area contributed by atoms with Gasteiger partial charge in [-0.05, 0) is 41.1 Å². The van der Waals surface area contributed by atoms with Gasteiger partial charge in [0.15, 0.2) is 0 Å². The fraction of sp³-hybridized carbons (Fsp3) is 0.0333. The predicted octanol–water partition coefficient (Wildman–Crippen LogP) is 6.16. The maximum atomic E-state index is 13.7. The summed E-state index contributed by atoms with van der Waals surface area (Å²) in [7, 11) is 4.57. The number of carbonyl (C=O) groups is 2. The van der Waals surface area contributed by atoms with E-state index in [1.165, 1.54) is 18.2 Å². The van der Waals surface area contributed by atoms with Crippen molar-refractivity contribution in [1.29, 1.82) is 0 Å². The quantitative estimate of drug-likeness (QED) is 0.100. The van der Waals surface area contributed by atoms with Gasteiger partial charge in [0.1, 0.15) is 11.6 Å². The number of phenols is 1.